The zero-order chi connectivity index (χ0) is 21.3. The van der Waals surface area contributed by atoms with Gasteiger partial charge in [0, 0.05) is 24.0 Å². The van der Waals surface area contributed by atoms with Gasteiger partial charge in [0.05, 0.1) is 10.2 Å². The van der Waals surface area contributed by atoms with Gasteiger partial charge in [-0.15, -0.1) is 11.3 Å². The first kappa shape index (κ1) is 21.6. The van der Waals surface area contributed by atoms with Crippen LogP contribution in [0.25, 0.3) is 10.2 Å². The van der Waals surface area contributed by atoms with Gasteiger partial charge in [0.15, 0.2) is 5.82 Å². The molecule has 0 unspecified atom stereocenters. The van der Waals surface area contributed by atoms with Crippen molar-refractivity contribution < 1.29 is 23.1 Å². The van der Waals surface area contributed by atoms with Crippen LogP contribution in [0, 0.1) is 0 Å². The number of hydrogen-bond acceptors (Lipinski definition) is 7. The van der Waals surface area contributed by atoms with Crippen LogP contribution in [0.3, 0.4) is 0 Å². The maximum absolute atomic E-state index is 10.6. The standard InChI is InChI=1S/C16H23N5S.C2HF3O2/c1-20(2)10-7-8-21(9-10)15-14-13(18-16(17)19-15)11-5-3-4-6-12(11)22-14;3-2(4,5)1(6)7/h10H,3-9H2,1-2H3,(H2,17,18,19);(H,6,7)/t10-;/m1./s1. The van der Waals surface area contributed by atoms with E-state index < -0.39 is 12.1 Å². The Balaban J connectivity index is 0.000000298. The molecule has 0 saturated carbocycles. The summed E-state index contributed by atoms with van der Waals surface area (Å²) < 4.78 is 33.0. The molecule has 0 spiro atoms. The molecule has 0 aromatic carbocycles. The Hall–Kier alpha value is -2.14. The van der Waals surface area contributed by atoms with E-state index >= 15 is 0 Å². The number of halogens is 3. The molecule has 1 atom stereocenters. The number of carbonyl (C=O) groups is 1. The number of thiophene rings is 1. The van der Waals surface area contributed by atoms with Gasteiger partial charge >= 0.3 is 12.1 Å². The third kappa shape index (κ3) is 4.72. The monoisotopic (exact) mass is 431 g/mol. The molecule has 3 heterocycles. The zero-order valence-electron chi connectivity index (χ0n) is 16.3. The highest BCUT2D eigenvalue weighted by Gasteiger charge is 2.38. The molecule has 1 aliphatic heterocycles. The van der Waals surface area contributed by atoms with Gasteiger partial charge in [-0.1, -0.05) is 0 Å². The molecule has 1 saturated heterocycles. The number of hydrogen-bond donors (Lipinski definition) is 2. The first-order valence-corrected chi connectivity index (χ1v) is 10.2. The summed E-state index contributed by atoms with van der Waals surface area (Å²) in [5.41, 5.74) is 8.58. The summed E-state index contributed by atoms with van der Waals surface area (Å²) in [7, 11) is 4.31. The Morgan fingerprint density at radius 1 is 1.28 bits per heavy atom. The number of nitrogens with two attached hydrogens (primary N) is 1. The van der Waals surface area contributed by atoms with Crippen molar-refractivity contribution in [3.8, 4) is 0 Å². The molecule has 1 fully saturated rings. The van der Waals surface area contributed by atoms with E-state index in [9.17, 15) is 13.2 Å². The molecule has 3 N–H and O–H groups in total. The van der Waals surface area contributed by atoms with Crippen LogP contribution in [-0.4, -0.2) is 65.3 Å². The van der Waals surface area contributed by atoms with Crippen molar-refractivity contribution in [1.29, 1.82) is 0 Å². The number of aryl methyl sites for hydroxylation is 2. The summed E-state index contributed by atoms with van der Waals surface area (Å²) in [5, 5.41) is 7.12. The van der Waals surface area contributed by atoms with E-state index in [2.05, 4.69) is 33.9 Å². The number of rotatable bonds is 2. The second-order valence-electron chi connectivity index (χ2n) is 7.45. The van der Waals surface area contributed by atoms with Crippen molar-refractivity contribution in [2.45, 2.75) is 44.3 Å². The lowest BCUT2D eigenvalue weighted by Crippen LogP contribution is -2.31. The molecule has 7 nitrogen and oxygen atoms in total. The Bertz CT molecular complexity index is 900. The van der Waals surface area contributed by atoms with E-state index in [1.807, 2.05) is 11.3 Å². The summed E-state index contributed by atoms with van der Waals surface area (Å²) in [4.78, 5) is 24.3. The number of carboxylic acids is 1. The predicted octanol–water partition coefficient (Wildman–Crippen LogP) is 2.93. The highest BCUT2D eigenvalue weighted by Crippen LogP contribution is 2.40. The fourth-order valence-electron chi connectivity index (χ4n) is 3.69. The van der Waals surface area contributed by atoms with Crippen LogP contribution in [-0.2, 0) is 17.6 Å². The minimum absolute atomic E-state index is 0.418. The minimum atomic E-state index is -5.08. The van der Waals surface area contributed by atoms with Crippen LogP contribution in [0.15, 0.2) is 0 Å². The van der Waals surface area contributed by atoms with Crippen LogP contribution in [0.4, 0.5) is 24.9 Å². The van der Waals surface area contributed by atoms with Crippen molar-refractivity contribution >= 4 is 39.3 Å². The normalized spacial score (nSPS) is 19.2. The smallest absolute Gasteiger partial charge is 0.475 e. The number of alkyl halides is 3. The van der Waals surface area contributed by atoms with Gasteiger partial charge in [-0.2, -0.15) is 18.2 Å². The number of nitrogen functional groups attached to an aromatic ring is 1. The van der Waals surface area contributed by atoms with Crippen molar-refractivity contribution in [3.63, 3.8) is 0 Å². The topological polar surface area (TPSA) is 95.6 Å². The van der Waals surface area contributed by atoms with Crippen molar-refractivity contribution in [2.75, 3.05) is 37.8 Å². The van der Waals surface area contributed by atoms with Gasteiger partial charge in [0.1, 0.15) is 0 Å². The van der Waals surface area contributed by atoms with E-state index in [1.54, 1.807) is 0 Å². The van der Waals surface area contributed by atoms with Crippen molar-refractivity contribution in [1.82, 2.24) is 14.9 Å². The molecule has 4 rings (SSSR count). The highest BCUT2D eigenvalue weighted by atomic mass is 32.1. The molecule has 2 aromatic heterocycles. The van der Waals surface area contributed by atoms with E-state index in [0.717, 1.165) is 30.8 Å². The molecule has 1 aliphatic carbocycles. The third-order valence-electron chi connectivity index (χ3n) is 5.23. The Morgan fingerprint density at radius 3 is 2.52 bits per heavy atom. The number of carboxylic acid groups (broad SMARTS) is 1. The molecule has 0 radical (unpaired) electrons. The number of likely N-dealkylation sites (N-methyl/N-ethyl adjacent to an activating group) is 1. The van der Waals surface area contributed by atoms with Crippen LogP contribution in [0.1, 0.15) is 29.7 Å². The zero-order valence-corrected chi connectivity index (χ0v) is 17.1. The summed E-state index contributed by atoms with van der Waals surface area (Å²) in [6.45, 7) is 2.08. The van der Waals surface area contributed by atoms with Gasteiger partial charge < -0.3 is 20.6 Å². The molecule has 0 amide bonds. The second kappa shape index (κ2) is 8.31. The average Bonchev–Trinajstić information content (AvgIpc) is 3.26. The molecule has 2 aliphatic rings. The van der Waals surface area contributed by atoms with E-state index in [4.69, 9.17) is 15.6 Å². The SMILES string of the molecule is CN(C)[C@@H]1CCN(c2nc(N)nc3c4c(sc23)CCCC4)C1.O=C(O)C(F)(F)F. The number of anilines is 2. The van der Waals surface area contributed by atoms with Crippen LogP contribution in [0.5, 0.6) is 0 Å². The van der Waals surface area contributed by atoms with E-state index in [0.29, 0.717) is 12.0 Å². The number of fused-ring (bicyclic) bond motifs is 3. The molecule has 11 heteroatoms. The van der Waals surface area contributed by atoms with Gasteiger partial charge in [-0.3, -0.25) is 0 Å². The summed E-state index contributed by atoms with van der Waals surface area (Å²) in [5.74, 6) is -1.28. The highest BCUT2D eigenvalue weighted by molar-refractivity contribution is 7.19. The number of aliphatic carboxylic acids is 1. The largest absolute Gasteiger partial charge is 0.490 e. The quantitative estimate of drug-likeness (QED) is 0.755. The lowest BCUT2D eigenvalue weighted by Gasteiger charge is -2.21. The first-order chi connectivity index (χ1) is 13.6. The van der Waals surface area contributed by atoms with Gasteiger partial charge in [-0.25, -0.2) is 9.78 Å². The molecule has 2 aromatic rings. The second-order valence-corrected chi connectivity index (χ2v) is 8.55. The van der Waals surface area contributed by atoms with E-state index in [1.165, 1.54) is 40.8 Å². The van der Waals surface area contributed by atoms with E-state index in [-0.39, 0.29) is 0 Å². The van der Waals surface area contributed by atoms with Crippen LogP contribution in [0.2, 0.25) is 0 Å². The fraction of sp³-hybridized carbons (Fsp3) is 0.611. The predicted molar refractivity (Wildman–Crippen MR) is 106 cm³/mol. The lowest BCUT2D eigenvalue weighted by atomic mass is 9.98. The molecule has 0 bridgehead atoms. The minimum Gasteiger partial charge on any atom is -0.475 e. The van der Waals surface area contributed by atoms with Crippen molar-refractivity contribution in [2.24, 2.45) is 0 Å². The first-order valence-electron chi connectivity index (χ1n) is 9.37. The Labute approximate surface area is 170 Å². The van der Waals surface area contributed by atoms with Gasteiger partial charge in [0.2, 0.25) is 5.95 Å². The molecular formula is C18H24F3N5O2S. The summed E-state index contributed by atoms with van der Waals surface area (Å²) in [6.07, 6.45) is 1.00. The molecular weight excluding hydrogens is 407 g/mol. The van der Waals surface area contributed by atoms with Crippen LogP contribution < -0.4 is 10.6 Å². The number of aromatic nitrogens is 2. The molecule has 29 heavy (non-hydrogen) atoms. The fourth-order valence-corrected chi connectivity index (χ4v) is 5.03. The lowest BCUT2D eigenvalue weighted by molar-refractivity contribution is -0.192. The van der Waals surface area contributed by atoms with Crippen LogP contribution >= 0.6 is 11.3 Å². The summed E-state index contributed by atoms with van der Waals surface area (Å²) >= 11 is 1.90. The summed E-state index contributed by atoms with van der Waals surface area (Å²) in [6, 6.07) is 0.598. The number of nitrogens with zero attached hydrogens (tertiary/aromatic N) is 4. The average molecular weight is 431 g/mol. The maximum Gasteiger partial charge on any atom is 0.490 e. The van der Waals surface area contributed by atoms with Gasteiger partial charge in [0.25, 0.3) is 0 Å². The third-order valence-corrected chi connectivity index (χ3v) is 6.51. The molecule has 160 valence electrons. The van der Waals surface area contributed by atoms with Crippen molar-refractivity contribution in [3.05, 3.63) is 10.4 Å². The Morgan fingerprint density at radius 2 is 1.93 bits per heavy atom. The Kier molecular flexibility index (Phi) is 6.18. The maximum atomic E-state index is 10.6. The van der Waals surface area contributed by atoms with Gasteiger partial charge in [-0.05, 0) is 51.8 Å².